The predicted molar refractivity (Wildman–Crippen MR) is 78.4 cm³/mol. The zero-order chi connectivity index (χ0) is 15.0. The average Bonchev–Trinajstić information content (AvgIpc) is 2.36. The molecule has 0 aliphatic carbocycles. The summed E-state index contributed by atoms with van der Waals surface area (Å²) < 4.78 is 0. The summed E-state index contributed by atoms with van der Waals surface area (Å²) in [5.74, 6) is -0.457. The van der Waals surface area contributed by atoms with Crippen LogP contribution in [0.2, 0.25) is 0 Å². The van der Waals surface area contributed by atoms with Gasteiger partial charge in [0, 0.05) is 13.0 Å². The second-order valence-electron chi connectivity index (χ2n) is 5.56. The molecule has 0 heterocycles. The molecule has 0 spiro atoms. The number of aliphatic carboxylic acids is 1. The molecule has 0 bridgehead atoms. The summed E-state index contributed by atoms with van der Waals surface area (Å²) in [4.78, 5) is 22.6. The van der Waals surface area contributed by atoms with Crippen LogP contribution >= 0.6 is 0 Å². The third kappa shape index (κ3) is 6.92. The van der Waals surface area contributed by atoms with E-state index < -0.39 is 5.97 Å². The van der Waals surface area contributed by atoms with Crippen molar-refractivity contribution in [3.63, 3.8) is 0 Å². The minimum atomic E-state index is -0.812. The van der Waals surface area contributed by atoms with Gasteiger partial charge in [0.25, 0.3) is 0 Å². The summed E-state index contributed by atoms with van der Waals surface area (Å²) in [7, 11) is 0. The highest BCUT2D eigenvalue weighted by Crippen LogP contribution is 2.14. The van der Waals surface area contributed by atoms with Crippen LogP contribution < -0.4 is 5.32 Å². The highest BCUT2D eigenvalue weighted by Gasteiger charge is 2.16. The van der Waals surface area contributed by atoms with Crippen LogP contribution in [0, 0.1) is 11.8 Å². The van der Waals surface area contributed by atoms with Gasteiger partial charge in [-0.15, -0.1) is 0 Å². The molecule has 0 aliphatic heterocycles. The number of carboxylic acids is 1. The number of amides is 1. The van der Waals surface area contributed by atoms with Gasteiger partial charge in [-0.3, -0.25) is 9.59 Å². The molecule has 0 saturated carbocycles. The molecule has 4 nitrogen and oxygen atoms in total. The summed E-state index contributed by atoms with van der Waals surface area (Å²) in [5, 5.41) is 11.7. The maximum absolute atomic E-state index is 11.8. The Hall–Kier alpha value is -1.84. The molecule has 1 amide bonds. The molecule has 0 saturated heterocycles. The first-order chi connectivity index (χ1) is 9.47. The summed E-state index contributed by atoms with van der Waals surface area (Å²) in [6.45, 7) is 4.54. The topological polar surface area (TPSA) is 66.4 Å². The highest BCUT2D eigenvalue weighted by atomic mass is 16.4. The van der Waals surface area contributed by atoms with E-state index in [4.69, 9.17) is 5.11 Å². The molecule has 0 fully saturated rings. The molecule has 2 N–H and O–H groups in total. The van der Waals surface area contributed by atoms with E-state index in [-0.39, 0.29) is 18.2 Å². The molecule has 1 aromatic rings. The van der Waals surface area contributed by atoms with Gasteiger partial charge in [0.05, 0.1) is 6.42 Å². The fourth-order valence-electron chi connectivity index (χ4n) is 2.25. The van der Waals surface area contributed by atoms with E-state index in [9.17, 15) is 9.59 Å². The van der Waals surface area contributed by atoms with Crippen molar-refractivity contribution in [1.82, 2.24) is 5.32 Å². The lowest BCUT2D eigenvalue weighted by Crippen LogP contribution is -2.32. The molecular formula is C16H23NO3. The van der Waals surface area contributed by atoms with E-state index in [2.05, 4.69) is 19.2 Å². The van der Waals surface area contributed by atoms with Crippen molar-refractivity contribution in [2.24, 2.45) is 11.8 Å². The highest BCUT2D eigenvalue weighted by molar-refractivity contribution is 5.78. The molecule has 1 aromatic carbocycles. The van der Waals surface area contributed by atoms with Gasteiger partial charge < -0.3 is 10.4 Å². The third-order valence-corrected chi connectivity index (χ3v) is 3.06. The van der Waals surface area contributed by atoms with Gasteiger partial charge in [-0.1, -0.05) is 44.2 Å². The van der Waals surface area contributed by atoms with Crippen LogP contribution in [0.15, 0.2) is 30.3 Å². The Bertz CT molecular complexity index is 429. The Morgan fingerprint density at radius 2 is 1.85 bits per heavy atom. The third-order valence-electron chi connectivity index (χ3n) is 3.06. The van der Waals surface area contributed by atoms with Gasteiger partial charge in [-0.2, -0.15) is 0 Å². The molecule has 110 valence electrons. The van der Waals surface area contributed by atoms with E-state index >= 15 is 0 Å². The molecular weight excluding hydrogens is 254 g/mol. The van der Waals surface area contributed by atoms with Crippen LogP contribution in [-0.4, -0.2) is 23.5 Å². The van der Waals surface area contributed by atoms with Crippen LogP contribution in [0.3, 0.4) is 0 Å². The summed E-state index contributed by atoms with van der Waals surface area (Å²) in [6.07, 6.45) is 1.24. The fourth-order valence-corrected chi connectivity index (χ4v) is 2.25. The maximum Gasteiger partial charge on any atom is 0.303 e. The van der Waals surface area contributed by atoms with Crippen molar-refractivity contribution < 1.29 is 14.7 Å². The standard InChI is InChI=1S/C16H23NO3/c1-12(2)8-14(10-16(19)20)11-17-15(18)9-13-6-4-3-5-7-13/h3-7,12,14H,8-11H2,1-2H3,(H,17,18)(H,19,20). The van der Waals surface area contributed by atoms with Crippen LogP contribution in [-0.2, 0) is 16.0 Å². The lowest BCUT2D eigenvalue weighted by molar-refractivity contribution is -0.138. The fraction of sp³-hybridized carbons (Fsp3) is 0.500. The number of carbonyl (C=O) groups is 2. The van der Waals surface area contributed by atoms with Crippen molar-refractivity contribution >= 4 is 11.9 Å². The number of benzene rings is 1. The van der Waals surface area contributed by atoms with E-state index in [1.807, 2.05) is 30.3 Å². The SMILES string of the molecule is CC(C)CC(CNC(=O)Cc1ccccc1)CC(=O)O. The largest absolute Gasteiger partial charge is 0.481 e. The molecule has 1 unspecified atom stereocenters. The zero-order valence-electron chi connectivity index (χ0n) is 12.1. The van der Waals surface area contributed by atoms with Gasteiger partial charge in [-0.05, 0) is 23.8 Å². The second-order valence-corrected chi connectivity index (χ2v) is 5.56. The van der Waals surface area contributed by atoms with E-state index in [0.717, 1.165) is 12.0 Å². The minimum absolute atomic E-state index is 0.00720. The lowest BCUT2D eigenvalue weighted by atomic mass is 9.94. The van der Waals surface area contributed by atoms with Gasteiger partial charge in [0.2, 0.25) is 5.91 Å². The van der Waals surface area contributed by atoms with Gasteiger partial charge in [0.15, 0.2) is 0 Å². The molecule has 20 heavy (non-hydrogen) atoms. The Kier molecular flexibility index (Phi) is 6.77. The Labute approximate surface area is 120 Å². The molecule has 1 atom stereocenters. The Balaban J connectivity index is 2.41. The molecule has 4 heteroatoms. The molecule has 0 radical (unpaired) electrons. The lowest BCUT2D eigenvalue weighted by Gasteiger charge is -2.17. The number of rotatable bonds is 8. The molecule has 0 aromatic heterocycles. The predicted octanol–water partition coefficient (Wildman–Crippen LogP) is 2.48. The first-order valence-electron chi connectivity index (χ1n) is 6.99. The van der Waals surface area contributed by atoms with Gasteiger partial charge >= 0.3 is 5.97 Å². The summed E-state index contributed by atoms with van der Waals surface area (Å²) in [6, 6.07) is 9.51. The van der Waals surface area contributed by atoms with Crippen molar-refractivity contribution in [3.05, 3.63) is 35.9 Å². The maximum atomic E-state index is 11.8. The van der Waals surface area contributed by atoms with Gasteiger partial charge in [-0.25, -0.2) is 0 Å². The van der Waals surface area contributed by atoms with Crippen LogP contribution in [0.25, 0.3) is 0 Å². The first kappa shape index (κ1) is 16.2. The van der Waals surface area contributed by atoms with Crippen LogP contribution in [0.5, 0.6) is 0 Å². The van der Waals surface area contributed by atoms with Crippen LogP contribution in [0.4, 0.5) is 0 Å². The molecule has 1 rings (SSSR count). The second kappa shape index (κ2) is 8.35. The van der Waals surface area contributed by atoms with Gasteiger partial charge in [0.1, 0.15) is 0 Å². The molecule has 0 aliphatic rings. The quantitative estimate of drug-likeness (QED) is 0.767. The van der Waals surface area contributed by atoms with E-state index in [1.54, 1.807) is 0 Å². The average molecular weight is 277 g/mol. The van der Waals surface area contributed by atoms with Crippen molar-refractivity contribution in [1.29, 1.82) is 0 Å². The number of hydrogen-bond acceptors (Lipinski definition) is 2. The van der Waals surface area contributed by atoms with Crippen molar-refractivity contribution in [3.8, 4) is 0 Å². The normalized spacial score (nSPS) is 12.2. The number of carbonyl (C=O) groups excluding carboxylic acids is 1. The van der Waals surface area contributed by atoms with E-state index in [0.29, 0.717) is 18.9 Å². The monoisotopic (exact) mass is 277 g/mol. The Morgan fingerprint density at radius 1 is 1.20 bits per heavy atom. The zero-order valence-corrected chi connectivity index (χ0v) is 12.1. The number of hydrogen-bond donors (Lipinski definition) is 2. The Morgan fingerprint density at radius 3 is 2.40 bits per heavy atom. The minimum Gasteiger partial charge on any atom is -0.481 e. The van der Waals surface area contributed by atoms with Crippen molar-refractivity contribution in [2.45, 2.75) is 33.1 Å². The summed E-state index contributed by atoms with van der Waals surface area (Å²) >= 11 is 0. The first-order valence-corrected chi connectivity index (χ1v) is 6.99. The van der Waals surface area contributed by atoms with Crippen molar-refractivity contribution in [2.75, 3.05) is 6.54 Å². The summed E-state index contributed by atoms with van der Waals surface area (Å²) in [5.41, 5.74) is 0.962. The van der Waals surface area contributed by atoms with Crippen LogP contribution in [0.1, 0.15) is 32.3 Å². The van der Waals surface area contributed by atoms with E-state index in [1.165, 1.54) is 0 Å². The number of nitrogens with one attached hydrogen (secondary N) is 1. The smallest absolute Gasteiger partial charge is 0.303 e. The number of carboxylic acid groups (broad SMARTS) is 1.